The van der Waals surface area contributed by atoms with Gasteiger partial charge in [0, 0.05) is 34.6 Å². The largest absolute Gasteiger partial charge is 0.493 e. The molecule has 0 bridgehead atoms. The molecule has 1 amide bonds. The normalized spacial score (nSPS) is 10.8. The number of carbonyl (C=O) groups is 1. The van der Waals surface area contributed by atoms with Gasteiger partial charge in [-0.2, -0.15) is 11.8 Å². The predicted molar refractivity (Wildman–Crippen MR) is 102 cm³/mol. The van der Waals surface area contributed by atoms with Crippen LogP contribution in [0.4, 0.5) is 0 Å². The maximum absolute atomic E-state index is 11.9. The standard InChI is InChI=1S/C18H21NO3S2/c1-21-16-7-3-5-14(18(16)22-2)8-9-17(20)19-10-12-23-13-15-6-4-11-24-15/h3-9,11H,10,12-13H2,1-2H3,(H,19,20)/b9-8+. The molecule has 128 valence electrons. The SMILES string of the molecule is COc1cccc(/C=C/C(=O)NCCSCc2cccs2)c1OC. The molecule has 1 N–H and O–H groups in total. The van der Waals surface area contributed by atoms with E-state index in [0.29, 0.717) is 18.0 Å². The third-order valence-electron chi connectivity index (χ3n) is 3.22. The minimum atomic E-state index is -0.114. The molecular weight excluding hydrogens is 342 g/mol. The Bertz CT molecular complexity index is 669. The molecule has 0 saturated heterocycles. The van der Waals surface area contributed by atoms with Crippen LogP contribution in [0.3, 0.4) is 0 Å². The highest BCUT2D eigenvalue weighted by atomic mass is 32.2. The maximum atomic E-state index is 11.9. The molecule has 24 heavy (non-hydrogen) atoms. The first-order valence-electron chi connectivity index (χ1n) is 7.51. The highest BCUT2D eigenvalue weighted by molar-refractivity contribution is 7.98. The van der Waals surface area contributed by atoms with Gasteiger partial charge in [0.2, 0.25) is 5.91 Å². The topological polar surface area (TPSA) is 47.6 Å². The summed E-state index contributed by atoms with van der Waals surface area (Å²) in [6.45, 7) is 0.647. The van der Waals surface area contributed by atoms with Gasteiger partial charge in [0.25, 0.3) is 0 Å². The van der Waals surface area contributed by atoms with Crippen LogP contribution in [-0.2, 0) is 10.5 Å². The molecule has 0 spiro atoms. The Morgan fingerprint density at radius 2 is 2.12 bits per heavy atom. The van der Waals surface area contributed by atoms with Gasteiger partial charge >= 0.3 is 0 Å². The number of hydrogen-bond donors (Lipinski definition) is 1. The van der Waals surface area contributed by atoms with E-state index in [4.69, 9.17) is 9.47 Å². The zero-order valence-corrected chi connectivity index (χ0v) is 15.4. The van der Waals surface area contributed by atoms with Gasteiger partial charge in [-0.05, 0) is 23.6 Å². The van der Waals surface area contributed by atoms with Crippen LogP contribution in [0.1, 0.15) is 10.4 Å². The molecule has 0 radical (unpaired) electrons. The lowest BCUT2D eigenvalue weighted by Crippen LogP contribution is -2.23. The highest BCUT2D eigenvalue weighted by Crippen LogP contribution is 2.31. The van der Waals surface area contributed by atoms with Crippen LogP contribution in [0.5, 0.6) is 11.5 Å². The first kappa shape index (κ1) is 18.4. The first-order chi connectivity index (χ1) is 11.7. The fourth-order valence-electron chi connectivity index (χ4n) is 2.08. The van der Waals surface area contributed by atoms with Crippen LogP contribution < -0.4 is 14.8 Å². The molecule has 0 aliphatic carbocycles. The molecule has 0 aliphatic heterocycles. The summed E-state index contributed by atoms with van der Waals surface area (Å²) in [5.74, 6) is 3.03. The summed E-state index contributed by atoms with van der Waals surface area (Å²) in [6.07, 6.45) is 3.25. The molecule has 1 aromatic carbocycles. The van der Waals surface area contributed by atoms with Crippen LogP contribution in [0.25, 0.3) is 6.08 Å². The molecule has 0 aliphatic rings. The number of amides is 1. The average molecular weight is 364 g/mol. The Morgan fingerprint density at radius 1 is 1.25 bits per heavy atom. The van der Waals surface area contributed by atoms with Gasteiger partial charge in [-0.25, -0.2) is 0 Å². The maximum Gasteiger partial charge on any atom is 0.244 e. The number of rotatable bonds is 9. The summed E-state index contributed by atoms with van der Waals surface area (Å²) >= 11 is 3.57. The Kier molecular flexibility index (Phi) is 7.71. The zero-order valence-electron chi connectivity index (χ0n) is 13.8. The molecule has 0 saturated carbocycles. The molecule has 2 aromatic rings. The van der Waals surface area contributed by atoms with Crippen molar-refractivity contribution in [3.05, 3.63) is 52.2 Å². The van der Waals surface area contributed by atoms with E-state index < -0.39 is 0 Å². The second-order valence-corrected chi connectivity index (χ2v) is 6.98. The lowest BCUT2D eigenvalue weighted by molar-refractivity contribution is -0.116. The van der Waals surface area contributed by atoms with Crippen LogP contribution in [-0.4, -0.2) is 32.4 Å². The van der Waals surface area contributed by atoms with Gasteiger partial charge in [-0.3, -0.25) is 4.79 Å². The van der Waals surface area contributed by atoms with Crippen molar-refractivity contribution in [2.75, 3.05) is 26.5 Å². The van der Waals surface area contributed by atoms with Gasteiger partial charge in [-0.1, -0.05) is 18.2 Å². The van der Waals surface area contributed by atoms with E-state index in [-0.39, 0.29) is 5.91 Å². The number of hydrogen-bond acceptors (Lipinski definition) is 5. The summed E-state index contributed by atoms with van der Waals surface area (Å²) in [5.41, 5.74) is 0.805. The van der Waals surface area contributed by atoms with E-state index in [9.17, 15) is 4.79 Å². The Hall–Kier alpha value is -1.92. The Labute approximate surface area is 150 Å². The Morgan fingerprint density at radius 3 is 2.83 bits per heavy atom. The van der Waals surface area contributed by atoms with Crippen LogP contribution in [0, 0.1) is 0 Å². The fraction of sp³-hybridized carbons (Fsp3) is 0.278. The Balaban J connectivity index is 1.76. The van der Waals surface area contributed by atoms with Crippen molar-refractivity contribution in [2.24, 2.45) is 0 Å². The van der Waals surface area contributed by atoms with Gasteiger partial charge in [-0.15, -0.1) is 11.3 Å². The minimum Gasteiger partial charge on any atom is -0.493 e. The van der Waals surface area contributed by atoms with Crippen molar-refractivity contribution in [2.45, 2.75) is 5.75 Å². The van der Waals surface area contributed by atoms with Crippen LogP contribution in [0.2, 0.25) is 0 Å². The van der Waals surface area contributed by atoms with E-state index in [0.717, 1.165) is 17.1 Å². The molecule has 0 fully saturated rings. The summed E-state index contributed by atoms with van der Waals surface area (Å²) in [5, 5.41) is 4.96. The average Bonchev–Trinajstić information content (AvgIpc) is 3.12. The van der Waals surface area contributed by atoms with Gasteiger partial charge < -0.3 is 14.8 Å². The van der Waals surface area contributed by atoms with Crippen LogP contribution in [0.15, 0.2) is 41.8 Å². The van der Waals surface area contributed by atoms with Crippen molar-refractivity contribution in [1.29, 1.82) is 0 Å². The number of methoxy groups -OCH3 is 2. The molecule has 0 unspecified atom stereocenters. The number of thioether (sulfide) groups is 1. The van der Waals surface area contributed by atoms with Crippen molar-refractivity contribution in [3.8, 4) is 11.5 Å². The minimum absolute atomic E-state index is 0.114. The zero-order chi connectivity index (χ0) is 17.2. The number of benzene rings is 1. The summed E-state index contributed by atoms with van der Waals surface area (Å²) in [4.78, 5) is 13.2. The quantitative estimate of drug-likeness (QED) is 0.543. The smallest absolute Gasteiger partial charge is 0.244 e. The third-order valence-corrected chi connectivity index (χ3v) is 5.28. The van der Waals surface area contributed by atoms with Crippen molar-refractivity contribution >= 4 is 35.1 Å². The number of carbonyl (C=O) groups excluding carboxylic acids is 1. The van der Waals surface area contributed by atoms with E-state index in [1.807, 2.05) is 30.0 Å². The van der Waals surface area contributed by atoms with E-state index in [1.54, 1.807) is 31.6 Å². The van der Waals surface area contributed by atoms with Crippen molar-refractivity contribution in [3.63, 3.8) is 0 Å². The predicted octanol–water partition coefficient (Wildman–Crippen LogP) is 3.83. The summed E-state index contributed by atoms with van der Waals surface area (Å²) in [6, 6.07) is 9.74. The van der Waals surface area contributed by atoms with E-state index in [1.165, 1.54) is 11.0 Å². The van der Waals surface area contributed by atoms with Crippen LogP contribution >= 0.6 is 23.1 Å². The summed E-state index contributed by atoms with van der Waals surface area (Å²) in [7, 11) is 3.17. The molecular formula is C18H21NO3S2. The molecule has 0 atom stereocenters. The van der Waals surface area contributed by atoms with E-state index in [2.05, 4.69) is 22.8 Å². The van der Waals surface area contributed by atoms with Gasteiger partial charge in [0.15, 0.2) is 11.5 Å². The number of nitrogens with one attached hydrogen (secondary N) is 1. The molecule has 2 rings (SSSR count). The van der Waals surface area contributed by atoms with Crippen molar-refractivity contribution in [1.82, 2.24) is 5.32 Å². The molecule has 1 heterocycles. The fourth-order valence-corrected chi connectivity index (χ4v) is 3.78. The number of thiophene rings is 1. The lowest BCUT2D eigenvalue weighted by atomic mass is 10.1. The third kappa shape index (κ3) is 5.62. The van der Waals surface area contributed by atoms with Crippen molar-refractivity contribution < 1.29 is 14.3 Å². The molecule has 4 nitrogen and oxygen atoms in total. The number of ether oxygens (including phenoxy) is 2. The highest BCUT2D eigenvalue weighted by Gasteiger charge is 2.07. The van der Waals surface area contributed by atoms with Gasteiger partial charge in [0.1, 0.15) is 0 Å². The second-order valence-electron chi connectivity index (χ2n) is 4.84. The summed E-state index contributed by atoms with van der Waals surface area (Å²) < 4.78 is 10.6. The second kappa shape index (κ2) is 10.1. The van der Waals surface area contributed by atoms with Gasteiger partial charge in [0.05, 0.1) is 14.2 Å². The lowest BCUT2D eigenvalue weighted by Gasteiger charge is -2.09. The molecule has 1 aromatic heterocycles. The first-order valence-corrected chi connectivity index (χ1v) is 9.55. The monoisotopic (exact) mass is 363 g/mol. The molecule has 6 heteroatoms. The van der Waals surface area contributed by atoms with E-state index >= 15 is 0 Å². The number of para-hydroxylation sites is 1.